The molecule has 0 spiro atoms. The zero-order chi connectivity index (χ0) is 13.3. The van der Waals surface area contributed by atoms with Gasteiger partial charge in [-0.1, -0.05) is 0 Å². The number of nitrogen functional groups attached to an aromatic ring is 1. The van der Waals surface area contributed by atoms with E-state index < -0.39 is 5.97 Å². The molecule has 0 aliphatic heterocycles. The summed E-state index contributed by atoms with van der Waals surface area (Å²) in [6.45, 7) is 0. The Bertz CT molecular complexity index is 625. The Labute approximate surface area is 103 Å². The van der Waals surface area contributed by atoms with E-state index >= 15 is 0 Å². The Hall–Kier alpha value is -2.50. The van der Waals surface area contributed by atoms with Gasteiger partial charge in [-0.25, -0.2) is 9.78 Å². The molecule has 0 radical (unpaired) electrons. The molecule has 1 aromatic heterocycles. The number of carbonyl (C=O) groups is 1. The van der Waals surface area contributed by atoms with Gasteiger partial charge in [-0.15, -0.1) is 0 Å². The van der Waals surface area contributed by atoms with Crippen molar-refractivity contribution in [3.8, 4) is 11.5 Å². The number of anilines is 1. The second-order valence-corrected chi connectivity index (χ2v) is 3.63. The van der Waals surface area contributed by atoms with Crippen LogP contribution in [-0.2, 0) is 0 Å². The number of carboxylic acid groups (broad SMARTS) is 1. The molecule has 18 heavy (non-hydrogen) atoms. The number of hydrogen-bond donors (Lipinski definition) is 2. The number of benzene rings is 1. The number of ether oxygens (including phenoxy) is 2. The predicted molar refractivity (Wildman–Crippen MR) is 66.2 cm³/mol. The van der Waals surface area contributed by atoms with Crippen molar-refractivity contribution >= 4 is 22.6 Å². The number of hydrogen-bond acceptors (Lipinski definition) is 5. The zero-order valence-corrected chi connectivity index (χ0v) is 9.93. The van der Waals surface area contributed by atoms with Crippen molar-refractivity contribution in [3.05, 3.63) is 23.9 Å². The maximum absolute atomic E-state index is 10.9. The maximum atomic E-state index is 10.9. The van der Waals surface area contributed by atoms with Crippen LogP contribution in [0.4, 0.5) is 5.69 Å². The van der Waals surface area contributed by atoms with E-state index in [4.69, 9.17) is 20.3 Å². The lowest BCUT2D eigenvalue weighted by Gasteiger charge is -2.10. The van der Waals surface area contributed by atoms with Crippen LogP contribution in [0.3, 0.4) is 0 Å². The van der Waals surface area contributed by atoms with E-state index in [1.807, 2.05) is 0 Å². The van der Waals surface area contributed by atoms with Gasteiger partial charge in [-0.2, -0.15) is 0 Å². The third kappa shape index (κ3) is 1.88. The van der Waals surface area contributed by atoms with Gasteiger partial charge in [0.15, 0.2) is 17.2 Å². The number of pyridine rings is 1. The van der Waals surface area contributed by atoms with Gasteiger partial charge in [0, 0.05) is 17.1 Å². The predicted octanol–water partition coefficient (Wildman–Crippen LogP) is 1.53. The highest BCUT2D eigenvalue weighted by molar-refractivity contribution is 5.97. The highest BCUT2D eigenvalue weighted by Gasteiger charge is 2.13. The third-order valence-corrected chi connectivity index (χ3v) is 2.57. The molecular formula is C12H12N2O4. The second kappa shape index (κ2) is 4.40. The zero-order valence-electron chi connectivity index (χ0n) is 9.93. The van der Waals surface area contributed by atoms with Crippen LogP contribution in [-0.4, -0.2) is 30.3 Å². The van der Waals surface area contributed by atoms with E-state index in [-0.39, 0.29) is 5.69 Å². The highest BCUT2D eigenvalue weighted by atomic mass is 16.5. The van der Waals surface area contributed by atoms with Gasteiger partial charge >= 0.3 is 5.97 Å². The first-order valence-electron chi connectivity index (χ1n) is 5.12. The number of aromatic nitrogens is 1. The minimum absolute atomic E-state index is 0.104. The maximum Gasteiger partial charge on any atom is 0.354 e. The van der Waals surface area contributed by atoms with Gasteiger partial charge in [0.05, 0.1) is 19.7 Å². The van der Waals surface area contributed by atoms with Gasteiger partial charge in [0.1, 0.15) is 0 Å². The normalized spacial score (nSPS) is 10.3. The van der Waals surface area contributed by atoms with Gasteiger partial charge in [-0.3, -0.25) is 0 Å². The van der Waals surface area contributed by atoms with E-state index in [9.17, 15) is 4.79 Å². The first kappa shape index (κ1) is 12.0. The number of rotatable bonds is 3. The van der Waals surface area contributed by atoms with Crippen LogP contribution < -0.4 is 15.2 Å². The quantitative estimate of drug-likeness (QED) is 0.855. The molecule has 0 atom stereocenters. The summed E-state index contributed by atoms with van der Waals surface area (Å²) in [6.07, 6.45) is 0. The van der Waals surface area contributed by atoms with Gasteiger partial charge in [-0.05, 0) is 12.1 Å². The Morgan fingerprint density at radius 2 is 1.83 bits per heavy atom. The summed E-state index contributed by atoms with van der Waals surface area (Å²) in [5.41, 5.74) is 6.49. The molecule has 0 saturated carbocycles. The van der Waals surface area contributed by atoms with Crippen LogP contribution in [0.5, 0.6) is 11.5 Å². The Kier molecular flexibility index (Phi) is 2.93. The molecule has 6 heteroatoms. The molecule has 0 aliphatic rings. The third-order valence-electron chi connectivity index (χ3n) is 2.57. The molecule has 6 nitrogen and oxygen atoms in total. The minimum atomic E-state index is -1.13. The minimum Gasteiger partial charge on any atom is -0.493 e. The van der Waals surface area contributed by atoms with Crippen LogP contribution in [0, 0.1) is 0 Å². The fourth-order valence-corrected chi connectivity index (χ4v) is 1.69. The van der Waals surface area contributed by atoms with Crippen LogP contribution in [0.2, 0.25) is 0 Å². The number of nitrogens with two attached hydrogens (primary N) is 1. The lowest BCUT2D eigenvalue weighted by atomic mass is 10.1. The smallest absolute Gasteiger partial charge is 0.354 e. The lowest BCUT2D eigenvalue weighted by molar-refractivity contribution is 0.0691. The van der Waals surface area contributed by atoms with E-state index in [0.29, 0.717) is 28.1 Å². The van der Waals surface area contributed by atoms with Gasteiger partial charge < -0.3 is 20.3 Å². The standard InChI is InChI=1S/C12H12N2O4/c1-17-10-3-6-7(13)4-9(12(15)16)14-8(6)5-11(10)18-2/h3-5H,1-2H3,(H2,13,14)(H,15,16). The second-order valence-electron chi connectivity index (χ2n) is 3.63. The molecule has 94 valence electrons. The Morgan fingerprint density at radius 1 is 1.22 bits per heavy atom. The largest absolute Gasteiger partial charge is 0.493 e. The lowest BCUT2D eigenvalue weighted by Crippen LogP contribution is -2.03. The molecule has 0 bridgehead atoms. The van der Waals surface area contributed by atoms with E-state index in [2.05, 4.69) is 4.98 Å². The van der Waals surface area contributed by atoms with Crippen molar-refractivity contribution in [2.75, 3.05) is 20.0 Å². The summed E-state index contributed by atoms with van der Waals surface area (Å²) >= 11 is 0. The molecule has 3 N–H and O–H groups in total. The van der Waals surface area contributed by atoms with E-state index in [1.54, 1.807) is 12.1 Å². The number of nitrogens with zero attached hydrogens (tertiary/aromatic N) is 1. The molecule has 0 saturated heterocycles. The van der Waals surface area contributed by atoms with Crippen LogP contribution >= 0.6 is 0 Å². The van der Waals surface area contributed by atoms with Crippen molar-refractivity contribution in [3.63, 3.8) is 0 Å². The SMILES string of the molecule is COc1cc2nc(C(=O)O)cc(N)c2cc1OC. The summed E-state index contributed by atoms with van der Waals surface area (Å²) in [5, 5.41) is 9.54. The first-order chi connectivity index (χ1) is 8.56. The Balaban J connectivity index is 2.76. The van der Waals surface area contributed by atoms with E-state index in [0.717, 1.165) is 0 Å². The molecule has 1 aromatic carbocycles. The number of carboxylic acids is 1. The van der Waals surface area contributed by atoms with E-state index in [1.165, 1.54) is 20.3 Å². The number of fused-ring (bicyclic) bond motifs is 1. The Morgan fingerprint density at radius 3 is 2.39 bits per heavy atom. The molecule has 0 aliphatic carbocycles. The first-order valence-corrected chi connectivity index (χ1v) is 5.12. The molecule has 2 rings (SSSR count). The molecule has 1 heterocycles. The molecule has 0 amide bonds. The van der Waals surface area contributed by atoms with Crippen LogP contribution in [0.15, 0.2) is 18.2 Å². The van der Waals surface area contributed by atoms with Crippen molar-refractivity contribution in [2.45, 2.75) is 0 Å². The molecular weight excluding hydrogens is 236 g/mol. The fraction of sp³-hybridized carbons (Fsp3) is 0.167. The fourth-order valence-electron chi connectivity index (χ4n) is 1.69. The number of aromatic carboxylic acids is 1. The molecule has 0 unspecified atom stereocenters. The molecule has 2 aromatic rings. The summed E-state index contributed by atoms with van der Waals surface area (Å²) in [4.78, 5) is 14.9. The topological polar surface area (TPSA) is 94.7 Å². The molecule has 0 fully saturated rings. The van der Waals surface area contributed by atoms with Gasteiger partial charge in [0.2, 0.25) is 0 Å². The van der Waals surface area contributed by atoms with Crippen molar-refractivity contribution in [1.82, 2.24) is 4.98 Å². The average Bonchev–Trinajstić information content (AvgIpc) is 2.36. The average molecular weight is 248 g/mol. The summed E-state index contributed by atoms with van der Waals surface area (Å²) in [6, 6.07) is 4.58. The van der Waals surface area contributed by atoms with Gasteiger partial charge in [0.25, 0.3) is 0 Å². The van der Waals surface area contributed by atoms with Crippen molar-refractivity contribution in [1.29, 1.82) is 0 Å². The van der Waals surface area contributed by atoms with Crippen LogP contribution in [0.25, 0.3) is 10.9 Å². The van der Waals surface area contributed by atoms with Crippen molar-refractivity contribution < 1.29 is 19.4 Å². The summed E-state index contributed by atoms with van der Waals surface area (Å²) in [5.74, 6) is -0.139. The van der Waals surface area contributed by atoms with Crippen LogP contribution in [0.1, 0.15) is 10.5 Å². The monoisotopic (exact) mass is 248 g/mol. The number of methoxy groups -OCH3 is 2. The van der Waals surface area contributed by atoms with Crippen molar-refractivity contribution in [2.24, 2.45) is 0 Å². The highest BCUT2D eigenvalue weighted by Crippen LogP contribution is 2.33. The summed E-state index contributed by atoms with van der Waals surface area (Å²) in [7, 11) is 3.01. The summed E-state index contributed by atoms with van der Waals surface area (Å²) < 4.78 is 10.3.